The first-order valence-electron chi connectivity index (χ1n) is 6.21. The van der Waals surface area contributed by atoms with Crippen molar-refractivity contribution < 1.29 is 13.6 Å². The van der Waals surface area contributed by atoms with Gasteiger partial charge in [0, 0.05) is 33.8 Å². The van der Waals surface area contributed by atoms with E-state index in [4.69, 9.17) is 23.2 Å². The zero-order chi connectivity index (χ0) is 15.1. The summed E-state index contributed by atoms with van der Waals surface area (Å²) in [6, 6.07) is 6.45. The van der Waals surface area contributed by atoms with Gasteiger partial charge in [-0.3, -0.25) is 4.79 Å². The van der Waals surface area contributed by atoms with Crippen LogP contribution in [0.2, 0.25) is 10.0 Å². The lowest BCUT2D eigenvalue weighted by atomic mass is 10.1. The van der Waals surface area contributed by atoms with Crippen molar-refractivity contribution >= 4 is 34.8 Å². The number of fused-ring (bicyclic) bond motifs is 1. The summed E-state index contributed by atoms with van der Waals surface area (Å²) in [6.45, 7) is 0.290. The third-order valence-electron chi connectivity index (χ3n) is 3.37. The fourth-order valence-electron chi connectivity index (χ4n) is 2.47. The quantitative estimate of drug-likeness (QED) is 0.756. The minimum atomic E-state index is -0.713. The van der Waals surface area contributed by atoms with Gasteiger partial charge >= 0.3 is 0 Å². The maximum Gasteiger partial charge on any atom is 0.258 e. The van der Waals surface area contributed by atoms with Crippen molar-refractivity contribution in [1.29, 1.82) is 0 Å². The number of halogens is 4. The molecule has 0 atom stereocenters. The highest BCUT2D eigenvalue weighted by Crippen LogP contribution is 2.33. The van der Waals surface area contributed by atoms with Crippen LogP contribution in [0.15, 0.2) is 30.3 Å². The summed E-state index contributed by atoms with van der Waals surface area (Å²) in [6.07, 6.45) is 0.349. The monoisotopic (exact) mass is 327 g/mol. The Bertz CT molecular complexity index is 728. The van der Waals surface area contributed by atoms with E-state index in [2.05, 4.69) is 0 Å². The molecule has 0 aliphatic carbocycles. The number of hydrogen-bond acceptors (Lipinski definition) is 1. The minimum Gasteiger partial charge on any atom is -0.308 e. The van der Waals surface area contributed by atoms with Crippen LogP contribution in [-0.2, 0) is 6.42 Å². The molecule has 0 spiro atoms. The first-order chi connectivity index (χ1) is 9.95. The van der Waals surface area contributed by atoms with Gasteiger partial charge in [-0.15, -0.1) is 0 Å². The van der Waals surface area contributed by atoms with Gasteiger partial charge in [0.05, 0.1) is 5.69 Å². The van der Waals surface area contributed by atoms with Crippen molar-refractivity contribution in [2.45, 2.75) is 6.42 Å². The van der Waals surface area contributed by atoms with Crippen molar-refractivity contribution in [1.82, 2.24) is 0 Å². The number of nitrogens with zero attached hydrogens (tertiary/aromatic N) is 1. The van der Waals surface area contributed by atoms with E-state index in [0.29, 0.717) is 28.6 Å². The molecule has 0 aromatic heterocycles. The Balaban J connectivity index is 2.02. The van der Waals surface area contributed by atoms with Gasteiger partial charge in [0.2, 0.25) is 0 Å². The van der Waals surface area contributed by atoms with Gasteiger partial charge in [-0.2, -0.15) is 0 Å². The second kappa shape index (κ2) is 5.28. The second-order valence-electron chi connectivity index (χ2n) is 4.75. The van der Waals surface area contributed by atoms with Crippen LogP contribution < -0.4 is 4.90 Å². The Kier molecular flexibility index (Phi) is 3.59. The summed E-state index contributed by atoms with van der Waals surface area (Å²) in [4.78, 5) is 13.8. The van der Waals surface area contributed by atoms with Crippen LogP contribution in [0.1, 0.15) is 15.9 Å². The van der Waals surface area contributed by atoms with E-state index in [1.807, 2.05) is 0 Å². The molecule has 0 saturated carbocycles. The molecule has 2 nitrogen and oxygen atoms in total. The van der Waals surface area contributed by atoms with Crippen LogP contribution in [0, 0.1) is 11.6 Å². The summed E-state index contributed by atoms with van der Waals surface area (Å²) in [7, 11) is 0. The minimum absolute atomic E-state index is 0.258. The highest BCUT2D eigenvalue weighted by molar-refractivity contribution is 6.35. The number of carbonyl (C=O) groups is 1. The van der Waals surface area contributed by atoms with Gasteiger partial charge in [-0.1, -0.05) is 23.2 Å². The van der Waals surface area contributed by atoms with Crippen LogP contribution in [-0.4, -0.2) is 12.5 Å². The Morgan fingerprint density at radius 3 is 2.38 bits per heavy atom. The lowest BCUT2D eigenvalue weighted by Gasteiger charge is -2.18. The molecule has 2 aromatic carbocycles. The van der Waals surface area contributed by atoms with E-state index in [9.17, 15) is 13.6 Å². The molecule has 1 heterocycles. The maximum absolute atomic E-state index is 13.7. The normalized spacial score (nSPS) is 13.4. The number of hydrogen-bond donors (Lipinski definition) is 0. The van der Waals surface area contributed by atoms with Crippen molar-refractivity contribution in [3.05, 3.63) is 63.1 Å². The fraction of sp³-hybridized carbons (Fsp3) is 0.133. The SMILES string of the molecule is O=C(c1cc(Cl)cc(Cl)c1)N1CCc2c(F)cc(F)cc21. The van der Waals surface area contributed by atoms with Gasteiger partial charge in [-0.05, 0) is 30.7 Å². The molecule has 1 aliphatic rings. The van der Waals surface area contributed by atoms with E-state index in [-0.39, 0.29) is 17.2 Å². The first-order valence-corrected chi connectivity index (χ1v) is 6.97. The van der Waals surface area contributed by atoms with Crippen molar-refractivity contribution in [3.8, 4) is 0 Å². The maximum atomic E-state index is 13.7. The predicted octanol–water partition coefficient (Wildman–Crippen LogP) is 4.47. The average Bonchev–Trinajstić information content (AvgIpc) is 2.80. The molecular weight excluding hydrogens is 319 g/mol. The number of benzene rings is 2. The largest absolute Gasteiger partial charge is 0.308 e. The third-order valence-corrected chi connectivity index (χ3v) is 3.80. The summed E-state index contributed by atoms with van der Waals surface area (Å²) >= 11 is 11.8. The average molecular weight is 328 g/mol. The van der Waals surface area contributed by atoms with Gasteiger partial charge < -0.3 is 4.90 Å². The van der Waals surface area contributed by atoms with E-state index in [1.54, 1.807) is 0 Å². The van der Waals surface area contributed by atoms with Crippen LogP contribution in [0.4, 0.5) is 14.5 Å². The molecule has 0 fully saturated rings. The van der Waals surface area contributed by atoms with Crippen molar-refractivity contribution in [2.24, 2.45) is 0 Å². The molecule has 0 unspecified atom stereocenters. The Hall–Kier alpha value is -1.65. The van der Waals surface area contributed by atoms with E-state index >= 15 is 0 Å². The topological polar surface area (TPSA) is 20.3 Å². The summed E-state index contributed by atoms with van der Waals surface area (Å²) in [5.41, 5.74) is 0.886. The van der Waals surface area contributed by atoms with Crippen LogP contribution in [0.5, 0.6) is 0 Å². The number of rotatable bonds is 1. The molecule has 3 rings (SSSR count). The smallest absolute Gasteiger partial charge is 0.258 e. The van der Waals surface area contributed by atoms with Gasteiger partial charge in [0.25, 0.3) is 5.91 Å². The molecule has 0 saturated heterocycles. The third kappa shape index (κ3) is 2.61. The molecule has 108 valence electrons. The number of carbonyl (C=O) groups excluding carboxylic acids is 1. The lowest BCUT2D eigenvalue weighted by molar-refractivity contribution is 0.0989. The molecular formula is C15H9Cl2F2NO. The van der Waals surface area contributed by atoms with Gasteiger partial charge in [-0.25, -0.2) is 8.78 Å². The predicted molar refractivity (Wildman–Crippen MR) is 78.2 cm³/mol. The van der Waals surface area contributed by atoms with Crippen LogP contribution in [0.3, 0.4) is 0 Å². The molecule has 2 aromatic rings. The van der Waals surface area contributed by atoms with Crippen molar-refractivity contribution in [2.75, 3.05) is 11.4 Å². The van der Waals surface area contributed by atoms with E-state index in [1.165, 1.54) is 23.1 Å². The zero-order valence-electron chi connectivity index (χ0n) is 10.7. The molecule has 1 amide bonds. The number of anilines is 1. The second-order valence-corrected chi connectivity index (χ2v) is 5.62. The number of amides is 1. The Morgan fingerprint density at radius 2 is 1.71 bits per heavy atom. The summed E-state index contributed by atoms with van der Waals surface area (Å²) in [5.74, 6) is -1.73. The standard InChI is InChI=1S/C15H9Cl2F2NO/c16-9-3-8(4-10(17)5-9)15(21)20-2-1-12-13(19)6-11(18)7-14(12)20/h3-7H,1-2H2. The van der Waals surface area contributed by atoms with Crippen molar-refractivity contribution in [3.63, 3.8) is 0 Å². The van der Waals surface area contributed by atoms with Crippen LogP contribution in [0.25, 0.3) is 0 Å². The highest BCUT2D eigenvalue weighted by Gasteiger charge is 2.28. The molecule has 21 heavy (non-hydrogen) atoms. The molecule has 1 aliphatic heterocycles. The highest BCUT2D eigenvalue weighted by atomic mass is 35.5. The summed E-state index contributed by atoms with van der Waals surface area (Å²) in [5, 5.41) is 0.659. The molecule has 0 radical (unpaired) electrons. The van der Waals surface area contributed by atoms with E-state index < -0.39 is 11.6 Å². The van der Waals surface area contributed by atoms with E-state index in [0.717, 1.165) is 12.1 Å². The molecule has 0 bridgehead atoms. The Morgan fingerprint density at radius 1 is 1.05 bits per heavy atom. The lowest BCUT2D eigenvalue weighted by Crippen LogP contribution is -2.28. The Labute approximate surface area is 129 Å². The first kappa shape index (κ1) is 14.3. The van der Waals surface area contributed by atoms with Gasteiger partial charge in [0.1, 0.15) is 11.6 Å². The molecule has 6 heteroatoms. The zero-order valence-corrected chi connectivity index (χ0v) is 12.2. The summed E-state index contributed by atoms with van der Waals surface area (Å²) < 4.78 is 27.1. The van der Waals surface area contributed by atoms with Crippen LogP contribution >= 0.6 is 23.2 Å². The fourth-order valence-corrected chi connectivity index (χ4v) is 2.99. The molecule has 0 N–H and O–H groups in total. The van der Waals surface area contributed by atoms with Gasteiger partial charge in [0.15, 0.2) is 0 Å².